The van der Waals surface area contributed by atoms with E-state index in [1.807, 2.05) is 12.1 Å². The van der Waals surface area contributed by atoms with Gasteiger partial charge in [0.05, 0.1) is 0 Å². The van der Waals surface area contributed by atoms with E-state index in [2.05, 4.69) is 11.4 Å². The Balaban J connectivity index is 1.48. The first-order valence-corrected chi connectivity index (χ1v) is 8.01. The molecule has 1 heterocycles. The van der Waals surface area contributed by atoms with E-state index in [1.165, 1.54) is 31.3 Å². The molecule has 2 aliphatic rings. The van der Waals surface area contributed by atoms with Crippen LogP contribution >= 0.6 is 11.6 Å². The number of amides is 1. The van der Waals surface area contributed by atoms with E-state index in [9.17, 15) is 4.79 Å². The zero-order chi connectivity index (χ0) is 14.7. The molecule has 0 saturated heterocycles. The van der Waals surface area contributed by atoms with Crippen LogP contribution in [0.5, 0.6) is 5.75 Å². The average molecular weight is 306 g/mol. The molecular weight excluding hydrogens is 286 g/mol. The monoisotopic (exact) mass is 305 g/mol. The number of halogens is 1. The van der Waals surface area contributed by atoms with Crippen LogP contribution in [0.2, 0.25) is 5.02 Å². The van der Waals surface area contributed by atoms with Crippen LogP contribution in [-0.4, -0.2) is 18.6 Å². The molecule has 3 rings (SSSR count). The quantitative estimate of drug-likeness (QED) is 0.862. The number of nitrogens with one attached hydrogen (secondary N) is 1. The Morgan fingerprint density at radius 2 is 2.29 bits per heavy atom. The van der Waals surface area contributed by atoms with Crippen molar-refractivity contribution in [2.45, 2.75) is 44.6 Å². The minimum Gasteiger partial charge on any atom is -0.480 e. The summed E-state index contributed by atoms with van der Waals surface area (Å²) in [5.74, 6) is 0.744. The molecule has 1 aromatic carbocycles. The van der Waals surface area contributed by atoms with Gasteiger partial charge in [-0.25, -0.2) is 0 Å². The van der Waals surface area contributed by atoms with Gasteiger partial charge < -0.3 is 10.1 Å². The van der Waals surface area contributed by atoms with Gasteiger partial charge in [0.1, 0.15) is 5.75 Å². The smallest absolute Gasteiger partial charge is 0.261 e. The molecule has 4 heteroatoms. The lowest BCUT2D eigenvalue weighted by atomic mass is 9.97. The molecule has 1 amide bonds. The largest absolute Gasteiger partial charge is 0.480 e. The number of allylic oxidation sites excluding steroid dienone is 1. The minimum atomic E-state index is -0.418. The van der Waals surface area contributed by atoms with Crippen molar-refractivity contribution in [2.24, 2.45) is 0 Å². The SMILES string of the molecule is O=C(NCCC1=CCCCC1)[C@H]1Cc2cc(Cl)ccc2O1. The topological polar surface area (TPSA) is 38.3 Å². The van der Waals surface area contributed by atoms with E-state index in [1.54, 1.807) is 6.07 Å². The summed E-state index contributed by atoms with van der Waals surface area (Å²) in [5, 5.41) is 3.67. The molecule has 1 atom stereocenters. The van der Waals surface area contributed by atoms with E-state index in [0.29, 0.717) is 18.0 Å². The molecule has 0 bridgehead atoms. The molecule has 0 aromatic heterocycles. The second kappa shape index (κ2) is 6.52. The van der Waals surface area contributed by atoms with Crippen molar-refractivity contribution in [2.75, 3.05) is 6.54 Å². The van der Waals surface area contributed by atoms with Crippen LogP contribution < -0.4 is 10.1 Å². The van der Waals surface area contributed by atoms with Crippen molar-refractivity contribution >= 4 is 17.5 Å². The number of ether oxygens (including phenoxy) is 1. The second-order valence-corrected chi connectivity index (χ2v) is 6.15. The first kappa shape index (κ1) is 14.5. The Morgan fingerprint density at radius 3 is 3.10 bits per heavy atom. The lowest BCUT2D eigenvalue weighted by Gasteiger charge is -2.14. The van der Waals surface area contributed by atoms with Gasteiger partial charge in [-0.15, -0.1) is 0 Å². The minimum absolute atomic E-state index is 0.0290. The third-order valence-electron chi connectivity index (χ3n) is 4.12. The molecule has 0 saturated carbocycles. The lowest BCUT2D eigenvalue weighted by Crippen LogP contribution is -2.38. The summed E-state index contributed by atoms with van der Waals surface area (Å²) in [6.45, 7) is 0.696. The number of benzene rings is 1. The van der Waals surface area contributed by atoms with Crippen molar-refractivity contribution in [3.63, 3.8) is 0 Å². The van der Waals surface area contributed by atoms with Crippen LogP contribution in [0.25, 0.3) is 0 Å². The normalized spacial score (nSPS) is 20.4. The van der Waals surface area contributed by atoms with Gasteiger partial charge in [-0.1, -0.05) is 23.3 Å². The molecule has 0 radical (unpaired) electrons. The third-order valence-corrected chi connectivity index (χ3v) is 4.35. The van der Waals surface area contributed by atoms with Gasteiger partial charge in [0, 0.05) is 18.0 Å². The van der Waals surface area contributed by atoms with E-state index in [-0.39, 0.29) is 5.91 Å². The maximum Gasteiger partial charge on any atom is 0.261 e. The van der Waals surface area contributed by atoms with Crippen LogP contribution in [0, 0.1) is 0 Å². The molecular formula is C17H20ClNO2. The summed E-state index contributed by atoms with van der Waals surface area (Å²) in [6, 6.07) is 5.49. The van der Waals surface area contributed by atoms with Gasteiger partial charge in [-0.05, 0) is 55.9 Å². The van der Waals surface area contributed by atoms with E-state index < -0.39 is 6.10 Å². The van der Waals surface area contributed by atoms with Gasteiger partial charge in [0.15, 0.2) is 6.10 Å². The zero-order valence-electron chi connectivity index (χ0n) is 12.0. The fourth-order valence-electron chi connectivity index (χ4n) is 2.96. The second-order valence-electron chi connectivity index (χ2n) is 5.71. The number of carbonyl (C=O) groups is 1. The van der Waals surface area contributed by atoms with E-state index in [0.717, 1.165) is 17.7 Å². The van der Waals surface area contributed by atoms with Crippen LogP contribution in [0.3, 0.4) is 0 Å². The first-order chi connectivity index (χ1) is 10.2. The highest BCUT2D eigenvalue weighted by atomic mass is 35.5. The predicted octanol–water partition coefficient (Wildman–Crippen LogP) is 3.65. The fourth-order valence-corrected chi connectivity index (χ4v) is 3.15. The highest BCUT2D eigenvalue weighted by Crippen LogP contribution is 2.31. The maximum absolute atomic E-state index is 12.2. The van der Waals surface area contributed by atoms with Crippen LogP contribution in [0.1, 0.15) is 37.7 Å². The molecule has 3 nitrogen and oxygen atoms in total. The first-order valence-electron chi connectivity index (χ1n) is 7.63. The molecule has 1 aromatic rings. The molecule has 112 valence electrons. The van der Waals surface area contributed by atoms with Crippen molar-refractivity contribution in [1.82, 2.24) is 5.32 Å². The average Bonchev–Trinajstić information content (AvgIpc) is 2.91. The van der Waals surface area contributed by atoms with Crippen molar-refractivity contribution < 1.29 is 9.53 Å². The summed E-state index contributed by atoms with van der Waals surface area (Å²) in [4.78, 5) is 12.2. The molecule has 0 fully saturated rings. The van der Waals surface area contributed by atoms with Crippen molar-refractivity contribution in [3.05, 3.63) is 40.4 Å². The van der Waals surface area contributed by atoms with Crippen molar-refractivity contribution in [1.29, 1.82) is 0 Å². The summed E-state index contributed by atoms with van der Waals surface area (Å²) >= 11 is 5.96. The Kier molecular flexibility index (Phi) is 4.49. The molecule has 0 unspecified atom stereocenters. The number of rotatable bonds is 4. The number of hydrogen-bond acceptors (Lipinski definition) is 2. The molecule has 1 N–H and O–H groups in total. The summed E-state index contributed by atoms with van der Waals surface area (Å²) in [6.07, 6.45) is 8.40. The lowest BCUT2D eigenvalue weighted by molar-refractivity contribution is -0.127. The number of fused-ring (bicyclic) bond motifs is 1. The summed E-state index contributed by atoms with van der Waals surface area (Å²) in [5.41, 5.74) is 2.49. The van der Waals surface area contributed by atoms with Gasteiger partial charge >= 0.3 is 0 Å². The molecule has 1 aliphatic carbocycles. The number of carbonyl (C=O) groups excluding carboxylic acids is 1. The Labute approximate surface area is 130 Å². The number of hydrogen-bond donors (Lipinski definition) is 1. The standard InChI is InChI=1S/C17H20ClNO2/c18-14-6-7-15-13(10-14)11-16(21-15)17(20)19-9-8-12-4-2-1-3-5-12/h4,6-7,10,16H,1-3,5,8-9,11H2,(H,19,20)/t16-/m1/s1. The third kappa shape index (κ3) is 3.59. The van der Waals surface area contributed by atoms with Crippen LogP contribution in [-0.2, 0) is 11.2 Å². The van der Waals surface area contributed by atoms with Crippen molar-refractivity contribution in [3.8, 4) is 5.75 Å². The fraction of sp³-hybridized carbons (Fsp3) is 0.471. The molecule has 0 spiro atoms. The van der Waals surface area contributed by atoms with E-state index >= 15 is 0 Å². The zero-order valence-corrected chi connectivity index (χ0v) is 12.8. The van der Waals surface area contributed by atoms with Crippen LogP contribution in [0.4, 0.5) is 0 Å². The Morgan fingerprint density at radius 1 is 1.38 bits per heavy atom. The highest BCUT2D eigenvalue weighted by Gasteiger charge is 2.28. The van der Waals surface area contributed by atoms with Gasteiger partial charge in [-0.3, -0.25) is 4.79 Å². The van der Waals surface area contributed by atoms with Gasteiger partial charge in [-0.2, -0.15) is 0 Å². The van der Waals surface area contributed by atoms with Crippen LogP contribution in [0.15, 0.2) is 29.8 Å². The molecule has 21 heavy (non-hydrogen) atoms. The molecule has 1 aliphatic heterocycles. The Bertz CT molecular complexity index is 568. The Hall–Kier alpha value is -1.48. The maximum atomic E-state index is 12.2. The summed E-state index contributed by atoms with van der Waals surface area (Å²) in [7, 11) is 0. The van der Waals surface area contributed by atoms with Gasteiger partial charge in [0.25, 0.3) is 5.91 Å². The summed E-state index contributed by atoms with van der Waals surface area (Å²) < 4.78 is 5.68. The highest BCUT2D eigenvalue weighted by molar-refractivity contribution is 6.30. The predicted molar refractivity (Wildman–Crippen MR) is 83.7 cm³/mol. The van der Waals surface area contributed by atoms with Gasteiger partial charge in [0.2, 0.25) is 0 Å². The van der Waals surface area contributed by atoms with E-state index in [4.69, 9.17) is 16.3 Å².